The Labute approximate surface area is 163 Å². The number of amides is 1. The minimum Gasteiger partial charge on any atom is -0.357 e. The summed E-state index contributed by atoms with van der Waals surface area (Å²) in [7, 11) is 2.20. The number of aromatic nitrogens is 1. The third-order valence-electron chi connectivity index (χ3n) is 6.90. The molecule has 5 nitrogen and oxygen atoms in total. The predicted octanol–water partition coefficient (Wildman–Crippen LogP) is 3.39. The van der Waals surface area contributed by atoms with Gasteiger partial charge in [-0.25, -0.2) is 4.98 Å². The Hall–Kier alpha value is -1.62. The summed E-state index contributed by atoms with van der Waals surface area (Å²) in [5.41, 5.74) is 2.51. The van der Waals surface area contributed by atoms with Crippen molar-refractivity contribution in [3.05, 3.63) is 23.4 Å². The average molecular weight is 371 g/mol. The number of rotatable bonds is 3. The zero-order valence-electron chi connectivity index (χ0n) is 17.2. The van der Waals surface area contributed by atoms with Crippen LogP contribution in [0.3, 0.4) is 0 Å². The maximum absolute atomic E-state index is 12.4. The van der Waals surface area contributed by atoms with Crippen molar-refractivity contribution in [3.63, 3.8) is 0 Å². The molecular formula is C22H34N4O. The van der Waals surface area contributed by atoms with Crippen LogP contribution in [0.2, 0.25) is 0 Å². The van der Waals surface area contributed by atoms with Gasteiger partial charge in [-0.3, -0.25) is 4.79 Å². The van der Waals surface area contributed by atoms with E-state index < -0.39 is 0 Å². The molecule has 0 radical (unpaired) electrons. The fourth-order valence-electron chi connectivity index (χ4n) is 5.09. The van der Waals surface area contributed by atoms with Gasteiger partial charge in [0.2, 0.25) is 5.91 Å². The van der Waals surface area contributed by atoms with E-state index in [0.29, 0.717) is 18.0 Å². The number of fused-ring (bicyclic) bond motifs is 3. The van der Waals surface area contributed by atoms with Crippen LogP contribution >= 0.6 is 0 Å². The topological polar surface area (TPSA) is 39.7 Å². The highest BCUT2D eigenvalue weighted by molar-refractivity contribution is 5.77. The van der Waals surface area contributed by atoms with Gasteiger partial charge in [0, 0.05) is 57.3 Å². The van der Waals surface area contributed by atoms with Gasteiger partial charge < -0.3 is 14.7 Å². The molecule has 27 heavy (non-hydrogen) atoms. The highest BCUT2D eigenvalue weighted by Crippen LogP contribution is 2.36. The second-order valence-electron chi connectivity index (χ2n) is 8.78. The van der Waals surface area contributed by atoms with E-state index in [0.717, 1.165) is 44.5 Å². The van der Waals surface area contributed by atoms with Crippen molar-refractivity contribution in [3.8, 4) is 0 Å². The molecule has 2 fully saturated rings. The Morgan fingerprint density at radius 3 is 2.59 bits per heavy atom. The molecule has 0 N–H and O–H groups in total. The lowest BCUT2D eigenvalue weighted by Crippen LogP contribution is -2.46. The molecular weight excluding hydrogens is 336 g/mol. The second kappa shape index (κ2) is 7.78. The van der Waals surface area contributed by atoms with Crippen molar-refractivity contribution in [2.75, 3.05) is 31.6 Å². The van der Waals surface area contributed by atoms with Crippen LogP contribution in [-0.2, 0) is 11.2 Å². The summed E-state index contributed by atoms with van der Waals surface area (Å²) in [5.74, 6) is 1.44. The van der Waals surface area contributed by atoms with E-state index in [2.05, 4.69) is 47.7 Å². The molecule has 0 bridgehead atoms. The van der Waals surface area contributed by atoms with Crippen molar-refractivity contribution in [2.45, 2.75) is 76.9 Å². The maximum atomic E-state index is 12.4. The molecule has 3 aliphatic rings. The molecule has 3 aliphatic heterocycles. The normalized spacial score (nSPS) is 24.5. The van der Waals surface area contributed by atoms with Crippen LogP contribution in [0.15, 0.2) is 12.1 Å². The summed E-state index contributed by atoms with van der Waals surface area (Å²) in [6.07, 6.45) is 7.28. The summed E-state index contributed by atoms with van der Waals surface area (Å²) < 4.78 is 0. The van der Waals surface area contributed by atoms with Crippen LogP contribution in [0.25, 0.3) is 0 Å². The maximum Gasteiger partial charge on any atom is 0.223 e. The predicted molar refractivity (Wildman–Crippen MR) is 109 cm³/mol. The molecule has 148 valence electrons. The van der Waals surface area contributed by atoms with E-state index in [1.807, 2.05) is 0 Å². The molecule has 5 heteroatoms. The zero-order valence-corrected chi connectivity index (χ0v) is 17.2. The lowest BCUT2D eigenvalue weighted by atomic mass is 9.94. The first kappa shape index (κ1) is 18.7. The Kier molecular flexibility index (Phi) is 5.40. The third kappa shape index (κ3) is 3.71. The SMILES string of the molecule is CC(C)N1CCC(N(C)c2ccc3c(n2)CCN2C(=O)CCCCC32)CC1. The molecule has 1 amide bonds. The second-order valence-corrected chi connectivity index (χ2v) is 8.78. The van der Waals surface area contributed by atoms with Crippen LogP contribution in [0.4, 0.5) is 5.82 Å². The number of hydrogen-bond donors (Lipinski definition) is 0. The van der Waals surface area contributed by atoms with Gasteiger partial charge in [0.15, 0.2) is 0 Å². The van der Waals surface area contributed by atoms with Gasteiger partial charge in [-0.1, -0.05) is 12.5 Å². The molecule has 2 saturated heterocycles. The molecule has 0 aliphatic carbocycles. The van der Waals surface area contributed by atoms with E-state index in [1.54, 1.807) is 0 Å². The molecule has 1 unspecified atom stereocenters. The zero-order chi connectivity index (χ0) is 19.0. The quantitative estimate of drug-likeness (QED) is 0.818. The van der Waals surface area contributed by atoms with Gasteiger partial charge >= 0.3 is 0 Å². The largest absolute Gasteiger partial charge is 0.357 e. The van der Waals surface area contributed by atoms with E-state index >= 15 is 0 Å². The van der Waals surface area contributed by atoms with Gasteiger partial charge in [-0.05, 0) is 51.2 Å². The van der Waals surface area contributed by atoms with Crippen molar-refractivity contribution < 1.29 is 4.79 Å². The highest BCUT2D eigenvalue weighted by atomic mass is 16.2. The Morgan fingerprint density at radius 2 is 1.85 bits per heavy atom. The third-order valence-corrected chi connectivity index (χ3v) is 6.90. The fourth-order valence-corrected chi connectivity index (χ4v) is 5.09. The number of carbonyl (C=O) groups is 1. The fraction of sp³-hybridized carbons (Fsp3) is 0.727. The molecule has 4 rings (SSSR count). The lowest BCUT2D eigenvalue weighted by molar-refractivity contribution is -0.133. The Balaban J connectivity index is 1.49. The summed E-state index contributed by atoms with van der Waals surface area (Å²) >= 11 is 0. The van der Waals surface area contributed by atoms with E-state index in [4.69, 9.17) is 4.98 Å². The van der Waals surface area contributed by atoms with E-state index in [9.17, 15) is 4.79 Å². The lowest BCUT2D eigenvalue weighted by Gasteiger charge is -2.40. The first-order valence-electron chi connectivity index (χ1n) is 10.8. The van der Waals surface area contributed by atoms with Crippen molar-refractivity contribution in [2.24, 2.45) is 0 Å². The molecule has 1 atom stereocenters. The molecule has 4 heterocycles. The highest BCUT2D eigenvalue weighted by Gasteiger charge is 2.33. The number of pyridine rings is 1. The van der Waals surface area contributed by atoms with Gasteiger partial charge in [0.05, 0.1) is 6.04 Å². The number of hydrogen-bond acceptors (Lipinski definition) is 4. The minimum atomic E-state index is 0.255. The first-order valence-corrected chi connectivity index (χ1v) is 10.8. The van der Waals surface area contributed by atoms with Gasteiger partial charge in [-0.2, -0.15) is 0 Å². The van der Waals surface area contributed by atoms with Crippen LogP contribution < -0.4 is 4.90 Å². The average Bonchev–Trinajstić information content (AvgIpc) is 2.88. The van der Waals surface area contributed by atoms with Crippen LogP contribution in [-0.4, -0.2) is 59.5 Å². The number of nitrogens with zero attached hydrogens (tertiary/aromatic N) is 4. The number of anilines is 1. The number of carbonyl (C=O) groups excluding carboxylic acids is 1. The minimum absolute atomic E-state index is 0.255. The Bertz CT molecular complexity index is 681. The van der Waals surface area contributed by atoms with Crippen molar-refractivity contribution in [1.29, 1.82) is 0 Å². The summed E-state index contributed by atoms with van der Waals surface area (Å²) in [6, 6.07) is 5.91. The van der Waals surface area contributed by atoms with Gasteiger partial charge in [-0.15, -0.1) is 0 Å². The van der Waals surface area contributed by atoms with Crippen LogP contribution in [0.5, 0.6) is 0 Å². The standard InChI is InChI=1S/C22H34N4O/c1-16(2)25-13-10-17(11-14-25)24(3)21-9-8-18-19(23-21)12-15-26-20(18)6-4-5-7-22(26)27/h8-9,16-17,20H,4-7,10-15H2,1-3H3. The van der Waals surface area contributed by atoms with Gasteiger partial charge in [0.1, 0.15) is 5.82 Å². The summed E-state index contributed by atoms with van der Waals surface area (Å²) in [4.78, 5) is 24.5. The van der Waals surface area contributed by atoms with Crippen molar-refractivity contribution >= 4 is 11.7 Å². The molecule has 1 aromatic heterocycles. The van der Waals surface area contributed by atoms with E-state index in [1.165, 1.54) is 37.2 Å². The van der Waals surface area contributed by atoms with Crippen LogP contribution in [0.1, 0.15) is 69.7 Å². The molecule has 1 aromatic rings. The monoisotopic (exact) mass is 370 g/mol. The van der Waals surface area contributed by atoms with Crippen LogP contribution in [0, 0.1) is 0 Å². The summed E-state index contributed by atoms with van der Waals surface area (Å²) in [6.45, 7) is 7.77. The molecule has 0 saturated carbocycles. The number of piperidine rings is 1. The first-order chi connectivity index (χ1) is 13.0. The van der Waals surface area contributed by atoms with E-state index in [-0.39, 0.29) is 6.04 Å². The van der Waals surface area contributed by atoms with Crippen molar-refractivity contribution in [1.82, 2.24) is 14.8 Å². The molecule has 0 spiro atoms. The summed E-state index contributed by atoms with van der Waals surface area (Å²) in [5, 5.41) is 0. The smallest absolute Gasteiger partial charge is 0.223 e. The van der Waals surface area contributed by atoms with Gasteiger partial charge in [0.25, 0.3) is 0 Å². The number of likely N-dealkylation sites (tertiary alicyclic amines) is 1. The Morgan fingerprint density at radius 1 is 1.07 bits per heavy atom. The molecule has 0 aromatic carbocycles.